The Kier molecular flexibility index (Phi) is 3.89. The van der Waals surface area contributed by atoms with Crippen molar-refractivity contribution in [3.05, 3.63) is 41.3 Å². The molecule has 1 N–H and O–H groups in total. The van der Waals surface area contributed by atoms with Crippen molar-refractivity contribution >= 4 is 11.7 Å². The number of rotatable bonds is 4. The first-order chi connectivity index (χ1) is 9.11. The molecule has 0 unspecified atom stereocenters. The van der Waals surface area contributed by atoms with Gasteiger partial charge in [-0.25, -0.2) is 9.02 Å². The third kappa shape index (κ3) is 2.96. The zero-order valence-electron chi connectivity index (χ0n) is 10.7. The van der Waals surface area contributed by atoms with Gasteiger partial charge in [-0.3, -0.25) is 4.79 Å². The molecule has 0 aliphatic carbocycles. The molecule has 0 saturated carbocycles. The number of halogens is 1. The Morgan fingerprint density at radius 1 is 1.37 bits per heavy atom. The zero-order chi connectivity index (χ0) is 13.8. The molecular weight excluding hydrogens is 249 g/mol. The van der Waals surface area contributed by atoms with E-state index in [4.69, 9.17) is 0 Å². The number of aromatic nitrogens is 2. The lowest BCUT2D eigenvalue weighted by atomic mass is 9.95. The Morgan fingerprint density at radius 2 is 2.05 bits per heavy atom. The van der Waals surface area contributed by atoms with Gasteiger partial charge in [0, 0.05) is 0 Å². The smallest absolute Gasteiger partial charge is 0.233 e. The number of nitrogens with one attached hydrogen (secondary N) is 1. The fraction of sp³-hybridized carbons (Fsp3) is 0.308. The Labute approximate surface area is 109 Å². The fourth-order valence-electron chi connectivity index (χ4n) is 1.82. The van der Waals surface area contributed by atoms with E-state index < -0.39 is 0 Å². The molecular formula is C13H14FN3O2. The highest BCUT2D eigenvalue weighted by molar-refractivity contribution is 5.95. The highest BCUT2D eigenvalue weighted by Gasteiger charge is 2.20. The van der Waals surface area contributed by atoms with Crippen LogP contribution in [0.15, 0.2) is 28.9 Å². The predicted molar refractivity (Wildman–Crippen MR) is 67.1 cm³/mol. The molecule has 6 heteroatoms. The van der Waals surface area contributed by atoms with E-state index in [-0.39, 0.29) is 17.6 Å². The number of hydrogen-bond acceptors (Lipinski definition) is 4. The summed E-state index contributed by atoms with van der Waals surface area (Å²) in [5.74, 6) is -0.592. The summed E-state index contributed by atoms with van der Waals surface area (Å²) in [5, 5.41) is 9.85. The van der Waals surface area contributed by atoms with Gasteiger partial charge in [-0.2, -0.15) is 0 Å². The van der Waals surface area contributed by atoms with Crippen LogP contribution in [0.25, 0.3) is 0 Å². The van der Waals surface area contributed by atoms with Gasteiger partial charge in [-0.1, -0.05) is 24.2 Å². The van der Waals surface area contributed by atoms with Crippen LogP contribution in [-0.2, 0) is 4.79 Å². The standard InChI is InChI=1S/C13H14FN3O2/c1-3-11(9-4-6-10(14)7-5-9)13(18)15-12-8(2)16-19-17-12/h4-7,11H,3H2,1-2H3,(H,15,17,18)/t11-/m1/s1. The molecule has 1 heterocycles. The summed E-state index contributed by atoms with van der Waals surface area (Å²) in [6.07, 6.45) is 0.599. The van der Waals surface area contributed by atoms with Crippen LogP contribution in [0.3, 0.4) is 0 Å². The highest BCUT2D eigenvalue weighted by atomic mass is 19.1. The quantitative estimate of drug-likeness (QED) is 0.920. The van der Waals surface area contributed by atoms with E-state index in [0.717, 1.165) is 5.56 Å². The first-order valence-corrected chi connectivity index (χ1v) is 5.97. The van der Waals surface area contributed by atoms with Gasteiger partial charge in [0.25, 0.3) is 0 Å². The summed E-state index contributed by atoms with van der Waals surface area (Å²) in [4.78, 5) is 12.2. The summed E-state index contributed by atoms with van der Waals surface area (Å²) >= 11 is 0. The first-order valence-electron chi connectivity index (χ1n) is 5.97. The maximum atomic E-state index is 12.9. The molecule has 100 valence electrons. The molecule has 1 aromatic heterocycles. The summed E-state index contributed by atoms with van der Waals surface area (Å²) in [5.41, 5.74) is 1.28. The SMILES string of the molecule is CC[C@@H](C(=O)Nc1nonc1C)c1ccc(F)cc1. The topological polar surface area (TPSA) is 68.0 Å². The molecule has 2 aromatic rings. The van der Waals surface area contributed by atoms with Gasteiger partial charge in [0.15, 0.2) is 5.82 Å². The lowest BCUT2D eigenvalue weighted by Gasteiger charge is -2.14. The Morgan fingerprint density at radius 3 is 2.58 bits per heavy atom. The van der Waals surface area contributed by atoms with E-state index in [9.17, 15) is 9.18 Å². The predicted octanol–water partition coefficient (Wildman–Crippen LogP) is 2.65. The minimum atomic E-state index is -0.364. The van der Waals surface area contributed by atoms with E-state index in [1.54, 1.807) is 19.1 Å². The monoisotopic (exact) mass is 263 g/mol. The van der Waals surface area contributed by atoms with Gasteiger partial charge in [0.2, 0.25) is 5.91 Å². The Bertz CT molecular complexity index is 566. The van der Waals surface area contributed by atoms with E-state index in [0.29, 0.717) is 17.9 Å². The molecule has 0 fully saturated rings. The normalized spacial score (nSPS) is 12.2. The van der Waals surface area contributed by atoms with Crippen molar-refractivity contribution in [3.8, 4) is 0 Å². The molecule has 19 heavy (non-hydrogen) atoms. The average molecular weight is 263 g/mol. The van der Waals surface area contributed by atoms with Crippen molar-refractivity contribution in [1.29, 1.82) is 0 Å². The largest absolute Gasteiger partial charge is 0.306 e. The van der Waals surface area contributed by atoms with Crippen molar-refractivity contribution in [2.75, 3.05) is 5.32 Å². The molecule has 0 saturated heterocycles. The lowest BCUT2D eigenvalue weighted by Crippen LogP contribution is -2.21. The number of aryl methyl sites for hydroxylation is 1. The second-order valence-electron chi connectivity index (χ2n) is 4.20. The van der Waals surface area contributed by atoms with Crippen LogP contribution in [0.4, 0.5) is 10.2 Å². The van der Waals surface area contributed by atoms with E-state index in [2.05, 4.69) is 20.3 Å². The minimum Gasteiger partial charge on any atom is -0.306 e. The third-order valence-electron chi connectivity index (χ3n) is 2.89. The van der Waals surface area contributed by atoms with E-state index >= 15 is 0 Å². The number of anilines is 1. The summed E-state index contributed by atoms with van der Waals surface area (Å²) in [6.45, 7) is 3.58. The molecule has 0 radical (unpaired) electrons. The van der Waals surface area contributed by atoms with Gasteiger partial charge in [0.1, 0.15) is 11.5 Å². The second-order valence-corrected chi connectivity index (χ2v) is 4.20. The number of hydrogen-bond donors (Lipinski definition) is 1. The molecule has 1 atom stereocenters. The number of carbonyl (C=O) groups is 1. The fourth-order valence-corrected chi connectivity index (χ4v) is 1.82. The molecule has 2 rings (SSSR count). The molecule has 0 spiro atoms. The Hall–Kier alpha value is -2.24. The summed E-state index contributed by atoms with van der Waals surface area (Å²) in [7, 11) is 0. The van der Waals surface area contributed by atoms with E-state index in [1.165, 1.54) is 12.1 Å². The Balaban J connectivity index is 2.15. The zero-order valence-corrected chi connectivity index (χ0v) is 10.7. The van der Waals surface area contributed by atoms with Gasteiger partial charge in [0.05, 0.1) is 5.92 Å². The summed E-state index contributed by atoms with van der Waals surface area (Å²) in [6, 6.07) is 5.90. The first kappa shape index (κ1) is 13.2. The van der Waals surface area contributed by atoms with Crippen molar-refractivity contribution in [3.63, 3.8) is 0 Å². The van der Waals surface area contributed by atoms with Crippen LogP contribution >= 0.6 is 0 Å². The van der Waals surface area contributed by atoms with Crippen molar-refractivity contribution in [1.82, 2.24) is 10.3 Å². The van der Waals surface area contributed by atoms with Crippen LogP contribution in [0, 0.1) is 12.7 Å². The van der Waals surface area contributed by atoms with Gasteiger partial charge < -0.3 is 5.32 Å². The maximum Gasteiger partial charge on any atom is 0.233 e. The molecule has 0 aliphatic rings. The minimum absolute atomic E-state index is 0.215. The lowest BCUT2D eigenvalue weighted by molar-refractivity contribution is -0.117. The molecule has 5 nitrogen and oxygen atoms in total. The highest BCUT2D eigenvalue weighted by Crippen LogP contribution is 2.22. The average Bonchev–Trinajstić information content (AvgIpc) is 2.78. The number of benzene rings is 1. The second kappa shape index (κ2) is 5.60. The number of carbonyl (C=O) groups excluding carboxylic acids is 1. The van der Waals surface area contributed by atoms with Crippen LogP contribution in [-0.4, -0.2) is 16.2 Å². The molecule has 0 bridgehead atoms. The molecule has 0 aliphatic heterocycles. The van der Waals surface area contributed by atoms with E-state index in [1.807, 2.05) is 6.92 Å². The summed E-state index contributed by atoms with van der Waals surface area (Å²) < 4.78 is 17.4. The van der Waals surface area contributed by atoms with Crippen LogP contribution in [0.5, 0.6) is 0 Å². The van der Waals surface area contributed by atoms with Crippen LogP contribution in [0.2, 0.25) is 0 Å². The van der Waals surface area contributed by atoms with Gasteiger partial charge >= 0.3 is 0 Å². The number of nitrogens with zero attached hydrogens (tertiary/aromatic N) is 2. The molecule has 1 aromatic carbocycles. The van der Waals surface area contributed by atoms with Crippen molar-refractivity contribution < 1.29 is 13.8 Å². The van der Waals surface area contributed by atoms with Crippen LogP contribution in [0.1, 0.15) is 30.5 Å². The van der Waals surface area contributed by atoms with Gasteiger partial charge in [-0.05, 0) is 36.2 Å². The molecule has 1 amide bonds. The van der Waals surface area contributed by atoms with Crippen molar-refractivity contribution in [2.24, 2.45) is 0 Å². The van der Waals surface area contributed by atoms with Crippen LogP contribution < -0.4 is 5.32 Å². The van der Waals surface area contributed by atoms with Crippen molar-refractivity contribution in [2.45, 2.75) is 26.2 Å². The maximum absolute atomic E-state index is 12.9. The third-order valence-corrected chi connectivity index (χ3v) is 2.89. The number of amides is 1. The van der Waals surface area contributed by atoms with Gasteiger partial charge in [-0.15, -0.1) is 0 Å².